The summed E-state index contributed by atoms with van der Waals surface area (Å²) in [6, 6.07) is 4.91. The predicted octanol–water partition coefficient (Wildman–Crippen LogP) is 2.37. The number of hydrogen-bond acceptors (Lipinski definition) is 4. The molecule has 21 heavy (non-hydrogen) atoms. The van der Waals surface area contributed by atoms with Crippen LogP contribution >= 0.6 is 11.6 Å². The van der Waals surface area contributed by atoms with Gasteiger partial charge in [0.1, 0.15) is 11.8 Å². The van der Waals surface area contributed by atoms with Gasteiger partial charge in [-0.05, 0) is 6.07 Å². The maximum Gasteiger partial charge on any atom is 0.219 e. The lowest BCUT2D eigenvalue weighted by Gasteiger charge is -2.28. The van der Waals surface area contributed by atoms with E-state index in [-0.39, 0.29) is 17.2 Å². The average molecular weight is 302 g/mol. The molecule has 0 spiro atoms. The fourth-order valence-electron chi connectivity index (χ4n) is 2.58. The summed E-state index contributed by atoms with van der Waals surface area (Å²) in [5.74, 6) is -0.102. The van der Waals surface area contributed by atoms with Crippen LogP contribution in [-0.2, 0) is 17.8 Å². The van der Waals surface area contributed by atoms with Gasteiger partial charge in [-0.15, -0.1) is 0 Å². The molecule has 1 N–H and O–H groups in total. The molecule has 5 nitrogen and oxygen atoms in total. The van der Waals surface area contributed by atoms with Gasteiger partial charge in [-0.2, -0.15) is 5.26 Å². The Balaban J connectivity index is 2.22. The average Bonchev–Trinajstić information content (AvgIpc) is 2.46. The minimum absolute atomic E-state index is 0.000216. The van der Waals surface area contributed by atoms with Crippen molar-refractivity contribution in [1.82, 2.24) is 9.88 Å². The van der Waals surface area contributed by atoms with Crippen molar-refractivity contribution in [3.05, 3.63) is 34.0 Å². The first-order chi connectivity index (χ1) is 10.0. The topological polar surface area (TPSA) is 77.2 Å². The number of aromatic hydroxyl groups is 1. The van der Waals surface area contributed by atoms with E-state index in [9.17, 15) is 9.90 Å². The zero-order chi connectivity index (χ0) is 15.1. The molecular weight excluding hydrogens is 290 g/mol. The number of aromatic nitrogens is 1. The Labute approximate surface area is 126 Å². The molecule has 2 aromatic rings. The van der Waals surface area contributed by atoms with Crippen LogP contribution in [0.4, 0.5) is 0 Å². The molecule has 1 amide bonds. The van der Waals surface area contributed by atoms with E-state index in [0.29, 0.717) is 35.4 Å². The highest BCUT2D eigenvalue weighted by molar-refractivity contribution is 6.36. The maximum atomic E-state index is 11.5. The quantitative estimate of drug-likeness (QED) is 0.810. The molecule has 1 aromatic carbocycles. The number of phenols is 1. The van der Waals surface area contributed by atoms with Crippen LogP contribution in [0, 0.1) is 11.3 Å². The number of phenolic OH excluding ortho intramolecular Hbond substituents is 1. The molecule has 0 fully saturated rings. The number of rotatable bonds is 0. The van der Waals surface area contributed by atoms with E-state index < -0.39 is 0 Å². The summed E-state index contributed by atoms with van der Waals surface area (Å²) in [4.78, 5) is 17.7. The molecule has 1 aromatic heterocycles. The number of benzene rings is 1. The maximum absolute atomic E-state index is 11.5. The summed E-state index contributed by atoms with van der Waals surface area (Å²) in [5.41, 5.74) is 2.38. The third kappa shape index (κ3) is 2.18. The van der Waals surface area contributed by atoms with Gasteiger partial charge in [0.05, 0.1) is 16.1 Å². The zero-order valence-electron chi connectivity index (χ0n) is 11.4. The number of amides is 1. The molecule has 0 saturated heterocycles. The Kier molecular flexibility index (Phi) is 3.19. The zero-order valence-corrected chi connectivity index (χ0v) is 12.1. The van der Waals surface area contributed by atoms with Gasteiger partial charge in [0.2, 0.25) is 5.91 Å². The summed E-state index contributed by atoms with van der Waals surface area (Å²) in [7, 11) is 0. The molecule has 3 rings (SSSR count). The largest absolute Gasteiger partial charge is 0.506 e. The molecule has 0 aliphatic carbocycles. The molecule has 0 unspecified atom stereocenters. The van der Waals surface area contributed by atoms with Crippen molar-refractivity contribution in [3.63, 3.8) is 0 Å². The number of carbonyl (C=O) groups is 1. The van der Waals surface area contributed by atoms with E-state index >= 15 is 0 Å². The van der Waals surface area contributed by atoms with Crippen molar-refractivity contribution in [3.8, 4) is 11.8 Å². The SMILES string of the molecule is CC(=O)N1CCc2nc3cc(O)c(C#N)cc3c(Cl)c2C1. The lowest BCUT2D eigenvalue weighted by atomic mass is 10.0. The van der Waals surface area contributed by atoms with E-state index in [1.165, 1.54) is 19.1 Å². The first-order valence-corrected chi connectivity index (χ1v) is 6.88. The number of pyridine rings is 1. The lowest BCUT2D eigenvalue weighted by Crippen LogP contribution is -2.34. The number of hydrogen-bond donors (Lipinski definition) is 1. The van der Waals surface area contributed by atoms with Gasteiger partial charge in [-0.3, -0.25) is 9.78 Å². The highest BCUT2D eigenvalue weighted by Gasteiger charge is 2.23. The lowest BCUT2D eigenvalue weighted by molar-refractivity contribution is -0.129. The Morgan fingerprint density at radius 3 is 2.95 bits per heavy atom. The Morgan fingerprint density at radius 2 is 2.29 bits per heavy atom. The van der Waals surface area contributed by atoms with Crippen molar-refractivity contribution >= 4 is 28.4 Å². The molecule has 106 valence electrons. The molecule has 0 saturated carbocycles. The van der Waals surface area contributed by atoms with Gasteiger partial charge < -0.3 is 10.0 Å². The minimum Gasteiger partial charge on any atom is -0.506 e. The van der Waals surface area contributed by atoms with Gasteiger partial charge in [0.15, 0.2) is 0 Å². The first-order valence-electron chi connectivity index (χ1n) is 6.51. The number of fused-ring (bicyclic) bond motifs is 2. The molecule has 1 aliphatic rings. The highest BCUT2D eigenvalue weighted by atomic mass is 35.5. The number of halogens is 1. The summed E-state index contributed by atoms with van der Waals surface area (Å²) < 4.78 is 0. The van der Waals surface area contributed by atoms with Gasteiger partial charge in [-0.1, -0.05) is 11.6 Å². The number of carbonyl (C=O) groups excluding carboxylic acids is 1. The van der Waals surface area contributed by atoms with E-state index in [1.54, 1.807) is 4.90 Å². The van der Waals surface area contributed by atoms with Crippen LogP contribution in [0.25, 0.3) is 10.9 Å². The summed E-state index contributed by atoms with van der Waals surface area (Å²) >= 11 is 6.44. The predicted molar refractivity (Wildman–Crippen MR) is 77.9 cm³/mol. The minimum atomic E-state index is -0.102. The van der Waals surface area contributed by atoms with Crippen LogP contribution in [-0.4, -0.2) is 27.4 Å². The second kappa shape index (κ2) is 4.90. The molecular formula is C15H12ClN3O2. The van der Waals surface area contributed by atoms with E-state index in [1.807, 2.05) is 6.07 Å². The van der Waals surface area contributed by atoms with Crippen LogP contribution in [0.5, 0.6) is 5.75 Å². The second-order valence-electron chi connectivity index (χ2n) is 5.04. The summed E-state index contributed by atoms with van der Waals surface area (Å²) in [5, 5.41) is 19.9. The molecule has 1 aliphatic heterocycles. The Hall–Kier alpha value is -2.32. The molecule has 0 radical (unpaired) electrons. The number of nitrogens with zero attached hydrogens (tertiary/aromatic N) is 3. The third-order valence-corrected chi connectivity index (χ3v) is 4.18. The fourth-order valence-corrected chi connectivity index (χ4v) is 2.90. The first kappa shape index (κ1) is 13.7. The van der Waals surface area contributed by atoms with E-state index in [2.05, 4.69) is 4.98 Å². The smallest absolute Gasteiger partial charge is 0.219 e. The Bertz CT molecular complexity index is 811. The molecule has 2 heterocycles. The van der Waals surface area contributed by atoms with Crippen molar-refractivity contribution in [2.75, 3.05) is 6.54 Å². The van der Waals surface area contributed by atoms with Crippen molar-refractivity contribution in [2.45, 2.75) is 19.9 Å². The van der Waals surface area contributed by atoms with E-state index in [0.717, 1.165) is 11.3 Å². The monoisotopic (exact) mass is 301 g/mol. The van der Waals surface area contributed by atoms with Crippen LogP contribution in [0.2, 0.25) is 5.02 Å². The van der Waals surface area contributed by atoms with Gasteiger partial charge in [0.25, 0.3) is 0 Å². The van der Waals surface area contributed by atoms with Crippen molar-refractivity contribution in [1.29, 1.82) is 5.26 Å². The molecule has 0 atom stereocenters. The third-order valence-electron chi connectivity index (χ3n) is 3.75. The second-order valence-corrected chi connectivity index (χ2v) is 5.42. The Morgan fingerprint density at radius 1 is 1.52 bits per heavy atom. The van der Waals surface area contributed by atoms with Crippen LogP contribution in [0.1, 0.15) is 23.7 Å². The van der Waals surface area contributed by atoms with Crippen molar-refractivity contribution in [2.24, 2.45) is 0 Å². The summed E-state index contributed by atoms with van der Waals surface area (Å²) in [6.07, 6.45) is 0.630. The van der Waals surface area contributed by atoms with Crippen LogP contribution in [0.3, 0.4) is 0 Å². The van der Waals surface area contributed by atoms with Gasteiger partial charge in [-0.25, -0.2) is 0 Å². The van der Waals surface area contributed by atoms with E-state index in [4.69, 9.17) is 16.9 Å². The number of nitriles is 1. The highest BCUT2D eigenvalue weighted by Crippen LogP contribution is 2.34. The normalized spacial score (nSPS) is 13.9. The van der Waals surface area contributed by atoms with Gasteiger partial charge >= 0.3 is 0 Å². The van der Waals surface area contributed by atoms with Crippen LogP contribution in [0.15, 0.2) is 12.1 Å². The van der Waals surface area contributed by atoms with Crippen molar-refractivity contribution < 1.29 is 9.90 Å². The molecule has 0 bridgehead atoms. The standard InChI is InChI=1S/C15H12ClN3O2/c1-8(20)19-3-2-12-11(7-19)15(16)10-4-9(6-17)14(21)5-13(10)18-12/h4-5,21H,2-3,7H2,1H3. The summed E-state index contributed by atoms with van der Waals surface area (Å²) in [6.45, 7) is 2.56. The van der Waals surface area contributed by atoms with Crippen LogP contribution < -0.4 is 0 Å². The fraction of sp³-hybridized carbons (Fsp3) is 0.267. The molecule has 6 heteroatoms. The van der Waals surface area contributed by atoms with Gasteiger partial charge in [0, 0.05) is 49.1 Å².